The molecule has 164 valence electrons. The molecule has 2 aromatic heterocycles. The second-order valence-corrected chi connectivity index (χ2v) is 10.1. The molecule has 0 saturated heterocycles. The van der Waals surface area contributed by atoms with Crippen LogP contribution in [0, 0.1) is 19.7 Å². The summed E-state index contributed by atoms with van der Waals surface area (Å²) in [4.78, 5) is 24.3. The Bertz CT molecular complexity index is 1280. The van der Waals surface area contributed by atoms with E-state index >= 15 is 0 Å². The molecule has 3 aromatic rings. The van der Waals surface area contributed by atoms with Crippen LogP contribution in [0.2, 0.25) is 0 Å². The molecule has 8 nitrogen and oxygen atoms in total. The SMILES string of the molecule is Cc1cc(C)c(Oc2nc(CS(=O)(=O)C(C)C)nc(-c3ccc(=O)n(C)c3)n2)c(F)c1. The van der Waals surface area contributed by atoms with Crippen LogP contribution in [0.1, 0.15) is 30.8 Å². The van der Waals surface area contributed by atoms with Crippen LogP contribution in [0.5, 0.6) is 11.8 Å². The molecule has 2 heterocycles. The third-order valence-electron chi connectivity index (χ3n) is 4.62. The normalized spacial score (nSPS) is 11.7. The van der Waals surface area contributed by atoms with Crippen molar-refractivity contribution in [3.63, 3.8) is 0 Å². The molecule has 0 unspecified atom stereocenters. The number of sulfone groups is 1. The maximum atomic E-state index is 14.5. The summed E-state index contributed by atoms with van der Waals surface area (Å²) < 4.78 is 46.3. The minimum absolute atomic E-state index is 0.0345. The highest BCUT2D eigenvalue weighted by Crippen LogP contribution is 2.28. The Labute approximate surface area is 179 Å². The van der Waals surface area contributed by atoms with Gasteiger partial charge in [-0.05, 0) is 51.0 Å². The first kappa shape index (κ1) is 22.5. The summed E-state index contributed by atoms with van der Waals surface area (Å²) in [5.74, 6) is -0.997. The van der Waals surface area contributed by atoms with Crippen LogP contribution >= 0.6 is 0 Å². The van der Waals surface area contributed by atoms with Crippen molar-refractivity contribution in [1.29, 1.82) is 0 Å². The highest BCUT2D eigenvalue weighted by molar-refractivity contribution is 7.91. The van der Waals surface area contributed by atoms with Crippen molar-refractivity contribution in [2.75, 3.05) is 0 Å². The van der Waals surface area contributed by atoms with Gasteiger partial charge < -0.3 is 9.30 Å². The topological polar surface area (TPSA) is 104 Å². The van der Waals surface area contributed by atoms with Crippen molar-refractivity contribution in [3.05, 3.63) is 63.6 Å². The van der Waals surface area contributed by atoms with Gasteiger partial charge in [0.05, 0.1) is 5.25 Å². The number of nitrogens with zero attached hydrogens (tertiary/aromatic N) is 4. The Hall–Kier alpha value is -3.14. The van der Waals surface area contributed by atoms with E-state index < -0.39 is 26.7 Å². The molecule has 31 heavy (non-hydrogen) atoms. The molecular weight excluding hydrogens is 423 g/mol. The largest absolute Gasteiger partial charge is 0.421 e. The van der Waals surface area contributed by atoms with E-state index in [4.69, 9.17) is 4.74 Å². The van der Waals surface area contributed by atoms with Crippen LogP contribution in [0.25, 0.3) is 11.4 Å². The monoisotopic (exact) mass is 446 g/mol. The molecule has 0 N–H and O–H groups in total. The van der Waals surface area contributed by atoms with Crippen molar-refractivity contribution >= 4 is 9.84 Å². The van der Waals surface area contributed by atoms with Crippen LogP contribution in [-0.2, 0) is 22.6 Å². The number of aryl methyl sites for hydroxylation is 3. The van der Waals surface area contributed by atoms with Crippen LogP contribution < -0.4 is 10.3 Å². The van der Waals surface area contributed by atoms with Crippen molar-refractivity contribution in [3.8, 4) is 23.1 Å². The molecule has 1 aromatic carbocycles. The summed E-state index contributed by atoms with van der Waals surface area (Å²) in [5.41, 5.74) is 1.50. The lowest BCUT2D eigenvalue weighted by Gasteiger charge is -2.12. The first-order chi connectivity index (χ1) is 14.5. The van der Waals surface area contributed by atoms with Crippen LogP contribution in [-0.4, -0.2) is 33.2 Å². The summed E-state index contributed by atoms with van der Waals surface area (Å²) in [6.45, 7) is 6.57. The van der Waals surface area contributed by atoms with Crippen LogP contribution in [0.3, 0.4) is 0 Å². The zero-order chi connectivity index (χ0) is 22.9. The third-order valence-corrected chi connectivity index (χ3v) is 6.72. The molecular formula is C21H23FN4O4S. The average molecular weight is 447 g/mol. The van der Waals surface area contributed by atoms with E-state index in [2.05, 4.69) is 15.0 Å². The van der Waals surface area contributed by atoms with E-state index in [9.17, 15) is 17.6 Å². The smallest absolute Gasteiger partial charge is 0.325 e. The van der Waals surface area contributed by atoms with Crippen molar-refractivity contribution in [1.82, 2.24) is 19.5 Å². The number of pyridine rings is 1. The Morgan fingerprint density at radius 2 is 1.84 bits per heavy atom. The third kappa shape index (κ3) is 5.13. The van der Waals surface area contributed by atoms with E-state index in [1.165, 1.54) is 29.0 Å². The van der Waals surface area contributed by atoms with Crippen molar-refractivity contribution in [2.24, 2.45) is 7.05 Å². The van der Waals surface area contributed by atoms with Gasteiger partial charge in [0, 0.05) is 24.9 Å². The van der Waals surface area contributed by atoms with Gasteiger partial charge in [0.15, 0.2) is 33.1 Å². The zero-order valence-corrected chi connectivity index (χ0v) is 18.7. The Balaban J connectivity index is 2.13. The average Bonchev–Trinajstić information content (AvgIpc) is 2.66. The fourth-order valence-corrected chi connectivity index (χ4v) is 3.66. The Kier molecular flexibility index (Phi) is 6.21. The van der Waals surface area contributed by atoms with E-state index in [1.54, 1.807) is 40.8 Å². The quantitative estimate of drug-likeness (QED) is 0.573. The van der Waals surface area contributed by atoms with Crippen molar-refractivity contribution in [2.45, 2.75) is 38.7 Å². The van der Waals surface area contributed by atoms with Gasteiger partial charge in [-0.1, -0.05) is 6.07 Å². The Morgan fingerprint density at radius 1 is 1.13 bits per heavy atom. The number of ether oxygens (including phenoxy) is 1. The first-order valence-electron chi connectivity index (χ1n) is 9.54. The lowest BCUT2D eigenvalue weighted by Crippen LogP contribution is -2.18. The molecule has 3 rings (SSSR count). The van der Waals surface area contributed by atoms with E-state index in [-0.39, 0.29) is 29.0 Å². The summed E-state index contributed by atoms with van der Waals surface area (Å²) >= 11 is 0. The summed E-state index contributed by atoms with van der Waals surface area (Å²) in [5, 5.41) is -0.633. The van der Waals surface area contributed by atoms with Gasteiger partial charge in [-0.25, -0.2) is 17.8 Å². The molecule has 0 aliphatic rings. The van der Waals surface area contributed by atoms with Gasteiger partial charge in [0.25, 0.3) is 0 Å². The summed E-state index contributed by atoms with van der Waals surface area (Å²) in [6.07, 6.45) is 1.51. The molecule has 0 radical (unpaired) electrons. The molecule has 10 heteroatoms. The molecule has 0 amide bonds. The van der Waals surface area contributed by atoms with Gasteiger partial charge in [0.1, 0.15) is 5.75 Å². The molecule has 0 aliphatic carbocycles. The standard InChI is InChI=1S/C21H23FN4O4S/c1-12(2)31(28,29)11-17-23-20(15-6-7-18(27)26(5)10-15)25-21(24-17)30-19-14(4)8-13(3)9-16(19)22/h6-10,12H,11H2,1-5H3. The second kappa shape index (κ2) is 8.54. The van der Waals surface area contributed by atoms with Crippen LogP contribution in [0.15, 0.2) is 35.3 Å². The number of hydrogen-bond acceptors (Lipinski definition) is 7. The van der Waals surface area contributed by atoms with Gasteiger partial charge >= 0.3 is 6.01 Å². The lowest BCUT2D eigenvalue weighted by molar-refractivity contribution is 0.404. The summed E-state index contributed by atoms with van der Waals surface area (Å²) in [6, 6.07) is 5.69. The highest BCUT2D eigenvalue weighted by atomic mass is 32.2. The fraction of sp³-hybridized carbons (Fsp3) is 0.333. The van der Waals surface area contributed by atoms with E-state index in [0.717, 1.165) is 5.56 Å². The fourth-order valence-electron chi connectivity index (χ4n) is 2.83. The molecule has 0 fully saturated rings. The molecule has 0 atom stereocenters. The van der Waals surface area contributed by atoms with E-state index in [1.807, 2.05) is 0 Å². The number of rotatable bonds is 6. The van der Waals surface area contributed by atoms with Crippen molar-refractivity contribution < 1.29 is 17.5 Å². The van der Waals surface area contributed by atoms with Crippen LogP contribution in [0.4, 0.5) is 4.39 Å². The number of halogens is 1. The minimum atomic E-state index is -3.51. The zero-order valence-electron chi connectivity index (χ0n) is 17.9. The number of aromatic nitrogens is 4. The minimum Gasteiger partial charge on any atom is -0.421 e. The van der Waals surface area contributed by atoms with E-state index in [0.29, 0.717) is 11.1 Å². The molecule has 0 aliphatic heterocycles. The Morgan fingerprint density at radius 3 is 2.45 bits per heavy atom. The predicted octanol–water partition coefficient (Wildman–Crippen LogP) is 3.11. The van der Waals surface area contributed by atoms with Gasteiger partial charge in [-0.15, -0.1) is 0 Å². The summed E-state index contributed by atoms with van der Waals surface area (Å²) in [7, 11) is -1.95. The lowest BCUT2D eigenvalue weighted by atomic mass is 10.1. The maximum Gasteiger partial charge on any atom is 0.325 e. The maximum absolute atomic E-state index is 14.5. The second-order valence-electron chi connectivity index (χ2n) is 7.58. The van der Waals surface area contributed by atoms with Gasteiger partial charge in [0.2, 0.25) is 5.56 Å². The highest BCUT2D eigenvalue weighted by Gasteiger charge is 2.22. The molecule has 0 saturated carbocycles. The van der Waals surface area contributed by atoms with Gasteiger partial charge in [-0.2, -0.15) is 9.97 Å². The number of hydrogen-bond donors (Lipinski definition) is 0. The molecule has 0 spiro atoms. The van der Waals surface area contributed by atoms with Gasteiger partial charge in [-0.3, -0.25) is 4.79 Å². The first-order valence-corrected chi connectivity index (χ1v) is 11.3. The number of benzene rings is 1. The molecule has 0 bridgehead atoms. The predicted molar refractivity (Wildman–Crippen MR) is 114 cm³/mol.